The number of ether oxygens (including phenoxy) is 1. The summed E-state index contributed by atoms with van der Waals surface area (Å²) in [6.07, 6.45) is 2.78. The molecule has 0 radical (unpaired) electrons. The van der Waals surface area contributed by atoms with Crippen LogP contribution in [0.2, 0.25) is 0 Å². The van der Waals surface area contributed by atoms with Crippen molar-refractivity contribution in [1.82, 2.24) is 4.98 Å². The van der Waals surface area contributed by atoms with Gasteiger partial charge < -0.3 is 10.1 Å². The molecule has 0 fully saturated rings. The van der Waals surface area contributed by atoms with Gasteiger partial charge in [0.25, 0.3) is 5.91 Å². The number of hydrogen-bond acceptors (Lipinski definition) is 3. The molecule has 0 aliphatic carbocycles. The predicted molar refractivity (Wildman–Crippen MR) is 96.5 cm³/mol. The zero-order chi connectivity index (χ0) is 16.9. The molecule has 0 saturated heterocycles. The van der Waals surface area contributed by atoms with Crippen molar-refractivity contribution in [1.29, 1.82) is 0 Å². The van der Waals surface area contributed by atoms with Crippen molar-refractivity contribution in [2.24, 2.45) is 0 Å². The first-order valence-electron chi connectivity index (χ1n) is 8.08. The van der Waals surface area contributed by atoms with Crippen LogP contribution in [0.1, 0.15) is 30.6 Å². The molecule has 0 aliphatic heterocycles. The van der Waals surface area contributed by atoms with Crippen molar-refractivity contribution < 1.29 is 9.53 Å². The highest BCUT2D eigenvalue weighted by atomic mass is 16.5. The second-order valence-electron chi connectivity index (χ2n) is 5.74. The molecule has 1 amide bonds. The molecule has 122 valence electrons. The van der Waals surface area contributed by atoms with Crippen molar-refractivity contribution in [3.63, 3.8) is 0 Å². The molecule has 1 aromatic heterocycles. The molecule has 3 aromatic rings. The van der Waals surface area contributed by atoms with Crippen molar-refractivity contribution in [2.75, 3.05) is 5.32 Å². The summed E-state index contributed by atoms with van der Waals surface area (Å²) in [6.45, 7) is 4.10. The molecule has 0 spiro atoms. The molecule has 1 unspecified atom stereocenters. The number of nitrogens with zero attached hydrogens (tertiary/aromatic N) is 1. The van der Waals surface area contributed by atoms with Gasteiger partial charge in [-0.3, -0.25) is 9.78 Å². The molecular formula is C20H20N2O2. The van der Waals surface area contributed by atoms with E-state index in [0.717, 1.165) is 28.8 Å². The van der Waals surface area contributed by atoms with Gasteiger partial charge in [0.2, 0.25) is 0 Å². The fraction of sp³-hybridized carbons (Fsp3) is 0.200. The summed E-state index contributed by atoms with van der Waals surface area (Å²) >= 11 is 0. The lowest BCUT2D eigenvalue weighted by Gasteiger charge is -2.12. The van der Waals surface area contributed by atoms with Crippen molar-refractivity contribution in [2.45, 2.75) is 26.4 Å². The molecule has 1 N–H and O–H groups in total. The Hall–Kier alpha value is -2.88. The number of fused-ring (bicyclic) bond motifs is 1. The van der Waals surface area contributed by atoms with Crippen molar-refractivity contribution in [3.8, 4) is 5.75 Å². The lowest BCUT2D eigenvalue weighted by Crippen LogP contribution is -2.12. The molecule has 1 atom stereocenters. The minimum Gasteiger partial charge on any atom is -0.489 e. The van der Waals surface area contributed by atoms with Crippen LogP contribution in [-0.4, -0.2) is 17.0 Å². The van der Waals surface area contributed by atoms with Gasteiger partial charge in [-0.05, 0) is 49.7 Å². The highest BCUT2D eigenvalue weighted by Crippen LogP contribution is 2.21. The average molecular weight is 320 g/mol. The number of benzene rings is 2. The Bertz CT molecular complexity index is 847. The summed E-state index contributed by atoms with van der Waals surface area (Å²) in [5.41, 5.74) is 2.20. The number of carbonyl (C=O) groups is 1. The zero-order valence-electron chi connectivity index (χ0n) is 13.8. The highest BCUT2D eigenvalue weighted by Gasteiger charge is 2.09. The lowest BCUT2D eigenvalue weighted by molar-refractivity contribution is 0.102. The van der Waals surface area contributed by atoms with E-state index in [1.54, 1.807) is 12.3 Å². The molecule has 2 aromatic carbocycles. The van der Waals surface area contributed by atoms with E-state index in [0.29, 0.717) is 5.56 Å². The fourth-order valence-electron chi connectivity index (χ4n) is 2.36. The minimum absolute atomic E-state index is 0.133. The van der Waals surface area contributed by atoms with Crippen LogP contribution in [0.3, 0.4) is 0 Å². The van der Waals surface area contributed by atoms with Gasteiger partial charge >= 0.3 is 0 Å². The molecule has 0 saturated carbocycles. The van der Waals surface area contributed by atoms with Crippen LogP contribution in [0.5, 0.6) is 5.75 Å². The minimum atomic E-state index is -0.142. The lowest BCUT2D eigenvalue weighted by atomic mass is 10.1. The average Bonchev–Trinajstić information content (AvgIpc) is 2.61. The van der Waals surface area contributed by atoms with Crippen molar-refractivity contribution >= 4 is 22.5 Å². The largest absolute Gasteiger partial charge is 0.489 e. The number of nitrogens with one attached hydrogen (secondary N) is 1. The first-order chi connectivity index (χ1) is 11.7. The van der Waals surface area contributed by atoms with Gasteiger partial charge in [-0.25, -0.2) is 0 Å². The number of pyridine rings is 1. The van der Waals surface area contributed by atoms with Crippen LogP contribution in [0.25, 0.3) is 10.9 Å². The maximum absolute atomic E-state index is 12.4. The SMILES string of the molecule is CCC(C)Oc1cnc2ccc(C(=O)Nc3ccccc3)cc2c1. The van der Waals surface area contributed by atoms with E-state index in [2.05, 4.69) is 17.2 Å². The summed E-state index contributed by atoms with van der Waals surface area (Å²) in [6, 6.07) is 16.8. The molecular weight excluding hydrogens is 300 g/mol. The summed E-state index contributed by atoms with van der Waals surface area (Å²) in [7, 11) is 0. The monoisotopic (exact) mass is 320 g/mol. The quantitative estimate of drug-likeness (QED) is 0.743. The first-order valence-corrected chi connectivity index (χ1v) is 8.08. The Labute approximate surface area is 141 Å². The maximum atomic E-state index is 12.4. The second-order valence-corrected chi connectivity index (χ2v) is 5.74. The number of amides is 1. The highest BCUT2D eigenvalue weighted by molar-refractivity contribution is 6.06. The number of para-hydroxylation sites is 1. The summed E-state index contributed by atoms with van der Waals surface area (Å²) in [4.78, 5) is 16.8. The van der Waals surface area contributed by atoms with Crippen LogP contribution < -0.4 is 10.1 Å². The van der Waals surface area contributed by atoms with Gasteiger partial charge in [-0.1, -0.05) is 25.1 Å². The molecule has 4 nitrogen and oxygen atoms in total. The Morgan fingerprint density at radius 1 is 1.17 bits per heavy atom. The Morgan fingerprint density at radius 2 is 1.96 bits per heavy atom. The van der Waals surface area contributed by atoms with E-state index < -0.39 is 0 Å². The Morgan fingerprint density at radius 3 is 2.71 bits per heavy atom. The van der Waals surface area contributed by atoms with Crippen LogP contribution in [-0.2, 0) is 0 Å². The van der Waals surface area contributed by atoms with E-state index in [9.17, 15) is 4.79 Å². The van der Waals surface area contributed by atoms with Gasteiger partial charge in [0.05, 0.1) is 17.8 Å². The summed E-state index contributed by atoms with van der Waals surface area (Å²) < 4.78 is 5.80. The van der Waals surface area contributed by atoms with Crippen LogP contribution in [0.15, 0.2) is 60.8 Å². The third-order valence-electron chi connectivity index (χ3n) is 3.86. The molecule has 0 aliphatic rings. The Balaban J connectivity index is 1.85. The zero-order valence-corrected chi connectivity index (χ0v) is 13.8. The number of carbonyl (C=O) groups excluding carboxylic acids is 1. The van der Waals surface area contributed by atoms with Crippen LogP contribution >= 0.6 is 0 Å². The third-order valence-corrected chi connectivity index (χ3v) is 3.86. The number of aromatic nitrogens is 1. The first kappa shape index (κ1) is 16.0. The van der Waals surface area contributed by atoms with Crippen LogP contribution in [0.4, 0.5) is 5.69 Å². The summed E-state index contributed by atoms with van der Waals surface area (Å²) in [5.74, 6) is 0.578. The normalized spacial score (nSPS) is 11.9. The standard InChI is InChI=1S/C20H20N2O2/c1-3-14(2)24-18-12-16-11-15(9-10-19(16)21-13-18)20(23)22-17-7-5-4-6-8-17/h4-14H,3H2,1-2H3,(H,22,23). The smallest absolute Gasteiger partial charge is 0.255 e. The Kier molecular flexibility index (Phi) is 4.75. The van der Waals surface area contributed by atoms with E-state index in [-0.39, 0.29) is 12.0 Å². The topological polar surface area (TPSA) is 51.2 Å². The molecule has 24 heavy (non-hydrogen) atoms. The van der Waals surface area contributed by atoms with Gasteiger partial charge in [0.1, 0.15) is 5.75 Å². The van der Waals surface area contributed by atoms with Gasteiger partial charge in [-0.2, -0.15) is 0 Å². The van der Waals surface area contributed by atoms with E-state index >= 15 is 0 Å². The van der Waals surface area contributed by atoms with E-state index in [4.69, 9.17) is 4.74 Å². The molecule has 1 heterocycles. The van der Waals surface area contributed by atoms with Crippen LogP contribution in [0, 0.1) is 0 Å². The molecule has 4 heteroatoms. The summed E-state index contributed by atoms with van der Waals surface area (Å²) in [5, 5.41) is 3.77. The van der Waals surface area contributed by atoms with Gasteiger partial charge in [0.15, 0.2) is 0 Å². The van der Waals surface area contributed by atoms with E-state index in [1.807, 2.05) is 55.5 Å². The number of rotatable bonds is 5. The van der Waals surface area contributed by atoms with Gasteiger partial charge in [0, 0.05) is 16.6 Å². The third kappa shape index (κ3) is 3.71. The van der Waals surface area contributed by atoms with E-state index in [1.165, 1.54) is 0 Å². The van der Waals surface area contributed by atoms with Gasteiger partial charge in [-0.15, -0.1) is 0 Å². The number of hydrogen-bond donors (Lipinski definition) is 1. The number of anilines is 1. The molecule has 3 rings (SSSR count). The maximum Gasteiger partial charge on any atom is 0.255 e. The molecule has 0 bridgehead atoms. The fourth-order valence-corrected chi connectivity index (χ4v) is 2.36. The second kappa shape index (κ2) is 7.13. The van der Waals surface area contributed by atoms with Crippen molar-refractivity contribution in [3.05, 3.63) is 66.4 Å². The predicted octanol–water partition coefficient (Wildman–Crippen LogP) is 4.66.